The predicted molar refractivity (Wildman–Crippen MR) is 107 cm³/mol. The van der Waals surface area contributed by atoms with Crippen LogP contribution >= 0.6 is 23.2 Å². The number of benzene rings is 2. The second-order valence-corrected chi connectivity index (χ2v) is 8.50. The average molecular weight is 417 g/mol. The van der Waals surface area contributed by atoms with Crippen LogP contribution in [0.4, 0.5) is 0 Å². The van der Waals surface area contributed by atoms with E-state index in [0.29, 0.717) is 22.3 Å². The number of rotatable bonds is 5. The molecule has 2 aromatic carbocycles. The maximum atomic E-state index is 12.7. The molecule has 0 fully saturated rings. The van der Waals surface area contributed by atoms with Gasteiger partial charge in [-0.15, -0.1) is 0 Å². The van der Waals surface area contributed by atoms with Crippen molar-refractivity contribution in [2.45, 2.75) is 11.4 Å². The van der Waals surface area contributed by atoms with Gasteiger partial charge in [-0.05, 0) is 48.0 Å². The minimum absolute atomic E-state index is 0.0802. The van der Waals surface area contributed by atoms with Crippen molar-refractivity contribution in [1.29, 1.82) is 5.26 Å². The standard InChI is InChI=1S/C20H14Cl2N2O2S/c21-16-9-8-15(20(22)11-16)14-24-10-4-5-17(24)12-19(13-23)27(25,26)18-6-2-1-3-7-18/h1-12H,14H2/b19-12+. The number of hydrogen-bond acceptors (Lipinski definition) is 3. The average Bonchev–Trinajstić information content (AvgIpc) is 3.09. The highest BCUT2D eigenvalue weighted by atomic mass is 35.5. The Morgan fingerprint density at radius 3 is 2.48 bits per heavy atom. The molecule has 0 aliphatic heterocycles. The van der Waals surface area contributed by atoms with Crippen LogP contribution in [0.1, 0.15) is 11.3 Å². The fourth-order valence-electron chi connectivity index (χ4n) is 2.57. The topological polar surface area (TPSA) is 62.9 Å². The number of nitrogens with zero attached hydrogens (tertiary/aromatic N) is 2. The molecule has 0 radical (unpaired) electrons. The highest BCUT2D eigenvalue weighted by molar-refractivity contribution is 7.95. The van der Waals surface area contributed by atoms with Crippen molar-refractivity contribution in [2.24, 2.45) is 0 Å². The minimum atomic E-state index is -3.89. The van der Waals surface area contributed by atoms with E-state index in [-0.39, 0.29) is 9.80 Å². The third-order valence-corrected chi connectivity index (χ3v) is 6.22. The molecule has 0 spiro atoms. The molecular formula is C20H14Cl2N2O2S. The smallest absolute Gasteiger partial charge is 0.216 e. The molecule has 27 heavy (non-hydrogen) atoms. The van der Waals surface area contributed by atoms with Crippen molar-refractivity contribution in [2.75, 3.05) is 0 Å². The van der Waals surface area contributed by atoms with E-state index in [1.165, 1.54) is 18.2 Å². The van der Waals surface area contributed by atoms with E-state index in [1.807, 2.05) is 10.6 Å². The van der Waals surface area contributed by atoms with Crippen LogP contribution in [0.5, 0.6) is 0 Å². The number of sulfone groups is 1. The van der Waals surface area contributed by atoms with Crippen LogP contribution in [0.15, 0.2) is 76.7 Å². The lowest BCUT2D eigenvalue weighted by Gasteiger charge is -2.10. The first-order valence-corrected chi connectivity index (χ1v) is 10.2. The van der Waals surface area contributed by atoms with Crippen molar-refractivity contribution >= 4 is 39.1 Å². The summed E-state index contributed by atoms with van der Waals surface area (Å²) in [6.45, 7) is 0.416. The summed E-state index contributed by atoms with van der Waals surface area (Å²) in [6, 6.07) is 18.4. The quantitative estimate of drug-likeness (QED) is 0.538. The molecule has 0 unspecified atom stereocenters. The highest BCUT2D eigenvalue weighted by Gasteiger charge is 2.21. The Hall–Kier alpha value is -2.52. The third-order valence-electron chi connectivity index (χ3n) is 3.95. The Kier molecular flexibility index (Phi) is 5.71. The molecule has 1 aromatic heterocycles. The van der Waals surface area contributed by atoms with Crippen LogP contribution < -0.4 is 0 Å². The van der Waals surface area contributed by atoms with Crippen LogP contribution in [0.25, 0.3) is 6.08 Å². The number of nitriles is 1. The van der Waals surface area contributed by atoms with Crippen LogP contribution in [0.2, 0.25) is 10.0 Å². The van der Waals surface area contributed by atoms with Gasteiger partial charge in [0.1, 0.15) is 6.07 Å². The van der Waals surface area contributed by atoms with Crippen LogP contribution in [-0.4, -0.2) is 13.0 Å². The highest BCUT2D eigenvalue weighted by Crippen LogP contribution is 2.24. The summed E-state index contributed by atoms with van der Waals surface area (Å²) in [6.07, 6.45) is 3.16. The second kappa shape index (κ2) is 8.01. The van der Waals surface area contributed by atoms with Gasteiger partial charge in [0.25, 0.3) is 0 Å². The normalized spacial score (nSPS) is 12.0. The molecule has 0 N–H and O–H groups in total. The number of halogens is 2. The molecule has 3 aromatic rings. The Morgan fingerprint density at radius 2 is 1.81 bits per heavy atom. The van der Waals surface area contributed by atoms with Gasteiger partial charge in [0.2, 0.25) is 9.84 Å². The Bertz CT molecular complexity index is 1140. The third kappa shape index (κ3) is 4.25. The van der Waals surface area contributed by atoms with Crippen LogP contribution in [-0.2, 0) is 16.4 Å². The monoisotopic (exact) mass is 416 g/mol. The second-order valence-electron chi connectivity index (χ2n) is 5.73. The summed E-state index contributed by atoms with van der Waals surface area (Å²) in [5.74, 6) is 0. The van der Waals surface area contributed by atoms with E-state index < -0.39 is 9.84 Å². The van der Waals surface area contributed by atoms with Crippen molar-refractivity contribution < 1.29 is 8.42 Å². The van der Waals surface area contributed by atoms with Crippen LogP contribution in [0, 0.1) is 11.3 Å². The first-order valence-electron chi connectivity index (χ1n) is 7.93. The summed E-state index contributed by atoms with van der Waals surface area (Å²) in [7, 11) is -3.89. The zero-order valence-corrected chi connectivity index (χ0v) is 16.3. The summed E-state index contributed by atoms with van der Waals surface area (Å²) < 4.78 is 27.2. The van der Waals surface area contributed by atoms with E-state index in [2.05, 4.69) is 0 Å². The molecule has 0 amide bonds. The van der Waals surface area contributed by atoms with Crippen molar-refractivity contribution in [1.82, 2.24) is 4.57 Å². The summed E-state index contributed by atoms with van der Waals surface area (Å²) in [5.41, 5.74) is 1.41. The molecule has 0 saturated carbocycles. The van der Waals surface area contributed by atoms with Gasteiger partial charge in [-0.3, -0.25) is 0 Å². The Labute approximate surface area is 167 Å². The Morgan fingerprint density at radius 1 is 1.07 bits per heavy atom. The summed E-state index contributed by atoms with van der Waals surface area (Å²) in [4.78, 5) is -0.243. The molecule has 0 aliphatic rings. The lowest BCUT2D eigenvalue weighted by atomic mass is 10.2. The zero-order valence-electron chi connectivity index (χ0n) is 14.0. The van der Waals surface area contributed by atoms with E-state index in [1.54, 1.807) is 54.7 Å². The maximum absolute atomic E-state index is 12.7. The fourth-order valence-corrected chi connectivity index (χ4v) is 4.20. The molecule has 0 saturated heterocycles. The van der Waals surface area contributed by atoms with E-state index in [4.69, 9.17) is 23.2 Å². The molecule has 0 bridgehead atoms. The van der Waals surface area contributed by atoms with Gasteiger partial charge in [0.05, 0.1) is 4.90 Å². The molecule has 3 rings (SSSR count). The zero-order chi connectivity index (χ0) is 19.4. The van der Waals surface area contributed by atoms with Gasteiger partial charge in [-0.1, -0.05) is 47.5 Å². The molecule has 0 atom stereocenters. The molecule has 1 heterocycles. The molecule has 7 heteroatoms. The van der Waals surface area contributed by atoms with E-state index in [9.17, 15) is 13.7 Å². The van der Waals surface area contributed by atoms with Crippen molar-refractivity contribution in [3.63, 3.8) is 0 Å². The minimum Gasteiger partial charge on any atom is -0.343 e. The number of allylic oxidation sites excluding steroid dienone is 1. The molecular weight excluding hydrogens is 403 g/mol. The summed E-state index contributed by atoms with van der Waals surface area (Å²) >= 11 is 12.1. The molecule has 136 valence electrons. The Balaban J connectivity index is 1.98. The van der Waals surface area contributed by atoms with Crippen molar-refractivity contribution in [3.8, 4) is 6.07 Å². The first kappa shape index (κ1) is 19.2. The fraction of sp³-hybridized carbons (Fsp3) is 0.0500. The van der Waals surface area contributed by atoms with E-state index in [0.717, 1.165) is 5.56 Å². The van der Waals surface area contributed by atoms with Crippen LogP contribution in [0.3, 0.4) is 0 Å². The van der Waals surface area contributed by atoms with Gasteiger partial charge in [0, 0.05) is 28.5 Å². The first-order chi connectivity index (χ1) is 12.9. The van der Waals surface area contributed by atoms with Gasteiger partial charge in [-0.25, -0.2) is 8.42 Å². The van der Waals surface area contributed by atoms with E-state index >= 15 is 0 Å². The maximum Gasteiger partial charge on any atom is 0.216 e. The number of aromatic nitrogens is 1. The van der Waals surface area contributed by atoms with Gasteiger partial charge < -0.3 is 4.57 Å². The van der Waals surface area contributed by atoms with Gasteiger partial charge in [-0.2, -0.15) is 5.26 Å². The number of hydrogen-bond donors (Lipinski definition) is 0. The van der Waals surface area contributed by atoms with Gasteiger partial charge in [0.15, 0.2) is 4.91 Å². The largest absolute Gasteiger partial charge is 0.343 e. The van der Waals surface area contributed by atoms with Crippen molar-refractivity contribution in [3.05, 3.63) is 93.1 Å². The molecule has 0 aliphatic carbocycles. The molecule has 4 nitrogen and oxygen atoms in total. The summed E-state index contributed by atoms with van der Waals surface area (Å²) in [5, 5.41) is 10.5. The van der Waals surface area contributed by atoms with Gasteiger partial charge >= 0.3 is 0 Å². The lowest BCUT2D eigenvalue weighted by Crippen LogP contribution is -2.05. The lowest BCUT2D eigenvalue weighted by molar-refractivity contribution is 0.603. The SMILES string of the molecule is N#C/C(=C\c1cccn1Cc1ccc(Cl)cc1Cl)S(=O)(=O)c1ccccc1. The predicted octanol–water partition coefficient (Wildman–Crippen LogP) is 5.18.